The van der Waals surface area contributed by atoms with E-state index in [1.54, 1.807) is 6.20 Å². The normalized spacial score (nSPS) is 11.0. The minimum Gasteiger partial charge on any atom is -0.360 e. The number of carbonyl (C=O) groups excluding carboxylic acids is 1. The Morgan fingerprint density at radius 3 is 2.89 bits per heavy atom. The molecule has 0 spiro atoms. The molecule has 18 heavy (non-hydrogen) atoms. The smallest absolute Gasteiger partial charge is 0.165 e. The summed E-state index contributed by atoms with van der Waals surface area (Å²) in [5.41, 5.74) is 1.74. The lowest BCUT2D eigenvalue weighted by molar-refractivity contribution is 0.0981. The molecule has 0 atom stereocenters. The molecule has 0 unspecified atom stereocenters. The van der Waals surface area contributed by atoms with Crippen LogP contribution in [0.25, 0.3) is 10.9 Å². The number of ketones is 1. The molecule has 0 radical (unpaired) electrons. The molecule has 1 aromatic heterocycles. The highest BCUT2D eigenvalue weighted by Crippen LogP contribution is 2.23. The lowest BCUT2D eigenvalue weighted by Gasteiger charge is -2.00. The van der Waals surface area contributed by atoms with Crippen LogP contribution in [-0.2, 0) is 0 Å². The predicted octanol–water partition coefficient (Wildman–Crippen LogP) is 4.97. The molecule has 0 aliphatic heterocycles. The standard InChI is InChI=1S/C15H18ClNO/c1-2-3-4-5-6-15(18)13-10-17-14-8-7-11(16)9-12(13)14/h7-10,17H,2-6H2,1H3. The van der Waals surface area contributed by atoms with Crippen LogP contribution < -0.4 is 0 Å². The van der Waals surface area contributed by atoms with Crippen molar-refractivity contribution in [2.24, 2.45) is 0 Å². The maximum absolute atomic E-state index is 12.1. The van der Waals surface area contributed by atoms with Crippen molar-refractivity contribution >= 4 is 28.3 Å². The molecule has 3 heteroatoms. The van der Waals surface area contributed by atoms with Crippen LogP contribution in [0, 0.1) is 0 Å². The molecule has 2 rings (SSSR count). The number of H-pyrrole nitrogens is 1. The van der Waals surface area contributed by atoms with Crippen molar-refractivity contribution in [2.75, 3.05) is 0 Å². The van der Waals surface area contributed by atoms with Crippen molar-refractivity contribution < 1.29 is 4.79 Å². The van der Waals surface area contributed by atoms with Crippen LogP contribution in [0.2, 0.25) is 5.02 Å². The van der Waals surface area contributed by atoms with E-state index in [0.29, 0.717) is 11.4 Å². The largest absolute Gasteiger partial charge is 0.360 e. The van der Waals surface area contributed by atoms with Gasteiger partial charge < -0.3 is 4.98 Å². The Kier molecular flexibility index (Phi) is 4.43. The van der Waals surface area contributed by atoms with Crippen LogP contribution >= 0.6 is 11.6 Å². The van der Waals surface area contributed by atoms with Crippen molar-refractivity contribution in [3.05, 3.63) is 35.0 Å². The van der Waals surface area contributed by atoms with Crippen LogP contribution in [0.4, 0.5) is 0 Å². The third kappa shape index (κ3) is 2.94. The number of nitrogens with one attached hydrogen (secondary N) is 1. The number of unbranched alkanes of at least 4 members (excludes halogenated alkanes) is 3. The van der Waals surface area contributed by atoms with E-state index in [1.165, 1.54) is 12.8 Å². The molecule has 0 bridgehead atoms. The van der Waals surface area contributed by atoms with E-state index in [1.807, 2.05) is 18.2 Å². The molecule has 2 aromatic rings. The van der Waals surface area contributed by atoms with Crippen molar-refractivity contribution in [2.45, 2.75) is 39.0 Å². The second-order valence-corrected chi connectivity index (χ2v) is 5.06. The van der Waals surface area contributed by atoms with Gasteiger partial charge in [-0.15, -0.1) is 0 Å². The maximum atomic E-state index is 12.1. The van der Waals surface area contributed by atoms with E-state index in [9.17, 15) is 4.79 Å². The van der Waals surface area contributed by atoms with Crippen molar-refractivity contribution in [1.82, 2.24) is 4.98 Å². The van der Waals surface area contributed by atoms with Gasteiger partial charge in [0.05, 0.1) is 0 Å². The first-order valence-electron chi connectivity index (χ1n) is 6.52. The van der Waals surface area contributed by atoms with E-state index in [4.69, 9.17) is 11.6 Å². The average molecular weight is 264 g/mol. The van der Waals surface area contributed by atoms with E-state index in [0.717, 1.165) is 29.3 Å². The van der Waals surface area contributed by atoms with Gasteiger partial charge in [-0.05, 0) is 24.6 Å². The van der Waals surface area contributed by atoms with Gasteiger partial charge in [0, 0.05) is 34.1 Å². The molecule has 1 aromatic carbocycles. The summed E-state index contributed by atoms with van der Waals surface area (Å²) in [5, 5.41) is 1.60. The molecular weight excluding hydrogens is 246 g/mol. The Morgan fingerprint density at radius 2 is 2.11 bits per heavy atom. The molecule has 0 fully saturated rings. The predicted molar refractivity (Wildman–Crippen MR) is 76.4 cm³/mol. The number of hydrogen-bond acceptors (Lipinski definition) is 1. The fourth-order valence-corrected chi connectivity index (χ4v) is 2.34. The summed E-state index contributed by atoms with van der Waals surface area (Å²) in [5.74, 6) is 0.208. The molecule has 1 N–H and O–H groups in total. The molecule has 0 aliphatic rings. The quantitative estimate of drug-likeness (QED) is 0.579. The van der Waals surface area contributed by atoms with E-state index in [-0.39, 0.29) is 5.78 Å². The Labute approximate surface area is 112 Å². The molecule has 1 heterocycles. The highest BCUT2D eigenvalue weighted by molar-refractivity contribution is 6.31. The maximum Gasteiger partial charge on any atom is 0.165 e. The minimum absolute atomic E-state index is 0.208. The number of carbonyl (C=O) groups is 1. The zero-order valence-electron chi connectivity index (χ0n) is 10.6. The average Bonchev–Trinajstić information content (AvgIpc) is 2.77. The lowest BCUT2D eigenvalue weighted by atomic mass is 10.0. The Balaban J connectivity index is 2.10. The van der Waals surface area contributed by atoms with Gasteiger partial charge in [-0.25, -0.2) is 0 Å². The highest BCUT2D eigenvalue weighted by Gasteiger charge is 2.11. The number of Topliss-reactive ketones (excluding diaryl/α,β-unsaturated/α-hetero) is 1. The highest BCUT2D eigenvalue weighted by atomic mass is 35.5. The van der Waals surface area contributed by atoms with E-state index < -0.39 is 0 Å². The lowest BCUT2D eigenvalue weighted by Crippen LogP contribution is -1.97. The molecular formula is C15H18ClNO. The van der Waals surface area contributed by atoms with Crippen LogP contribution in [0.1, 0.15) is 49.4 Å². The monoisotopic (exact) mass is 263 g/mol. The Morgan fingerprint density at radius 1 is 1.28 bits per heavy atom. The number of aromatic nitrogens is 1. The number of rotatable bonds is 6. The number of halogens is 1. The van der Waals surface area contributed by atoms with E-state index >= 15 is 0 Å². The Hall–Kier alpha value is -1.28. The second kappa shape index (κ2) is 6.05. The summed E-state index contributed by atoms with van der Waals surface area (Å²) in [6, 6.07) is 5.59. The minimum atomic E-state index is 0.208. The zero-order chi connectivity index (χ0) is 13.0. The number of benzene rings is 1. The molecule has 0 amide bonds. The third-order valence-corrected chi connectivity index (χ3v) is 3.44. The number of aromatic amines is 1. The van der Waals surface area contributed by atoms with Crippen molar-refractivity contribution in [3.8, 4) is 0 Å². The topological polar surface area (TPSA) is 32.9 Å². The van der Waals surface area contributed by atoms with Gasteiger partial charge in [0.15, 0.2) is 5.78 Å². The van der Waals surface area contributed by atoms with Gasteiger partial charge in [-0.3, -0.25) is 4.79 Å². The molecule has 0 aliphatic carbocycles. The summed E-state index contributed by atoms with van der Waals surface area (Å²) in [4.78, 5) is 15.2. The van der Waals surface area contributed by atoms with Crippen LogP contribution in [-0.4, -0.2) is 10.8 Å². The van der Waals surface area contributed by atoms with E-state index in [2.05, 4.69) is 11.9 Å². The van der Waals surface area contributed by atoms with Crippen LogP contribution in [0.3, 0.4) is 0 Å². The van der Waals surface area contributed by atoms with Crippen molar-refractivity contribution in [1.29, 1.82) is 0 Å². The Bertz CT molecular complexity index is 544. The summed E-state index contributed by atoms with van der Waals surface area (Å²) >= 11 is 5.97. The second-order valence-electron chi connectivity index (χ2n) is 4.63. The zero-order valence-corrected chi connectivity index (χ0v) is 11.4. The summed E-state index contributed by atoms with van der Waals surface area (Å²) in [6.07, 6.45) is 6.91. The summed E-state index contributed by atoms with van der Waals surface area (Å²) in [6.45, 7) is 2.17. The number of fused-ring (bicyclic) bond motifs is 1. The molecule has 2 nitrogen and oxygen atoms in total. The van der Waals surface area contributed by atoms with Gasteiger partial charge in [0.25, 0.3) is 0 Å². The fraction of sp³-hybridized carbons (Fsp3) is 0.400. The van der Waals surface area contributed by atoms with Gasteiger partial charge in [-0.2, -0.15) is 0 Å². The van der Waals surface area contributed by atoms with Gasteiger partial charge in [0.2, 0.25) is 0 Å². The van der Waals surface area contributed by atoms with Gasteiger partial charge in [-0.1, -0.05) is 37.8 Å². The summed E-state index contributed by atoms with van der Waals surface area (Å²) < 4.78 is 0. The van der Waals surface area contributed by atoms with Gasteiger partial charge in [0.1, 0.15) is 0 Å². The van der Waals surface area contributed by atoms with Crippen molar-refractivity contribution in [3.63, 3.8) is 0 Å². The molecule has 0 saturated heterocycles. The van der Waals surface area contributed by atoms with Crippen LogP contribution in [0.5, 0.6) is 0 Å². The van der Waals surface area contributed by atoms with Crippen LogP contribution in [0.15, 0.2) is 24.4 Å². The molecule has 0 saturated carbocycles. The SMILES string of the molecule is CCCCCCC(=O)c1c[nH]c2ccc(Cl)cc12. The molecule has 96 valence electrons. The first kappa shape index (κ1) is 13.2. The first-order chi connectivity index (χ1) is 8.72. The third-order valence-electron chi connectivity index (χ3n) is 3.20. The summed E-state index contributed by atoms with van der Waals surface area (Å²) in [7, 11) is 0. The number of hydrogen-bond donors (Lipinski definition) is 1. The van der Waals surface area contributed by atoms with Gasteiger partial charge >= 0.3 is 0 Å². The fourth-order valence-electron chi connectivity index (χ4n) is 2.17. The first-order valence-corrected chi connectivity index (χ1v) is 6.90.